The van der Waals surface area contributed by atoms with Crippen LogP contribution in [0, 0.1) is 6.92 Å². The topological polar surface area (TPSA) is 78.4 Å². The molecule has 0 bridgehead atoms. The number of rotatable bonds is 3. The fraction of sp³-hybridized carbons (Fsp3) is 0.167. The van der Waals surface area contributed by atoms with Crippen LogP contribution in [0.15, 0.2) is 35.2 Å². The van der Waals surface area contributed by atoms with E-state index in [-0.39, 0.29) is 6.61 Å². The zero-order valence-corrected chi connectivity index (χ0v) is 9.34. The van der Waals surface area contributed by atoms with Gasteiger partial charge in [0.25, 0.3) is 0 Å². The van der Waals surface area contributed by atoms with Crippen LogP contribution in [-0.4, -0.2) is 11.1 Å². The molecule has 0 saturated carbocycles. The van der Waals surface area contributed by atoms with Crippen molar-refractivity contribution in [3.8, 4) is 0 Å². The fourth-order valence-electron chi connectivity index (χ4n) is 1.49. The third-order valence-electron chi connectivity index (χ3n) is 2.36. The maximum atomic E-state index is 11.8. The van der Waals surface area contributed by atoms with Crippen molar-refractivity contribution in [3.05, 3.63) is 47.3 Å². The summed E-state index contributed by atoms with van der Waals surface area (Å²) in [6.45, 7) is 1.93. The Kier molecular flexibility index (Phi) is 3.09. The molecule has 5 heteroatoms. The van der Waals surface area contributed by atoms with E-state index in [0.29, 0.717) is 16.8 Å². The van der Waals surface area contributed by atoms with Crippen LogP contribution >= 0.6 is 0 Å². The highest BCUT2D eigenvalue weighted by Gasteiger charge is 2.14. The summed E-state index contributed by atoms with van der Waals surface area (Å²) in [5, 5.41) is 3.52. The molecule has 1 heterocycles. The fourth-order valence-corrected chi connectivity index (χ4v) is 1.49. The molecule has 17 heavy (non-hydrogen) atoms. The van der Waals surface area contributed by atoms with Crippen LogP contribution in [-0.2, 0) is 11.3 Å². The normalized spacial score (nSPS) is 10.2. The van der Waals surface area contributed by atoms with Crippen molar-refractivity contribution >= 4 is 11.7 Å². The number of hydrogen-bond donors (Lipinski definition) is 1. The first-order valence-electron chi connectivity index (χ1n) is 5.09. The van der Waals surface area contributed by atoms with Gasteiger partial charge >= 0.3 is 5.97 Å². The summed E-state index contributed by atoms with van der Waals surface area (Å²) >= 11 is 0. The highest BCUT2D eigenvalue weighted by Crippen LogP contribution is 2.17. The average Bonchev–Trinajstić information content (AvgIpc) is 2.79. The SMILES string of the molecule is Cc1cccc(N)c1C(=O)OCc1cnoc1. The molecule has 0 saturated heterocycles. The lowest BCUT2D eigenvalue weighted by atomic mass is 10.1. The molecule has 2 rings (SSSR count). The minimum Gasteiger partial charge on any atom is -0.457 e. The van der Waals surface area contributed by atoms with Crippen LogP contribution < -0.4 is 5.73 Å². The molecule has 0 fully saturated rings. The molecule has 2 aromatic rings. The van der Waals surface area contributed by atoms with Gasteiger partial charge in [0, 0.05) is 11.3 Å². The number of anilines is 1. The van der Waals surface area contributed by atoms with E-state index in [0.717, 1.165) is 5.56 Å². The second-order valence-corrected chi connectivity index (χ2v) is 3.65. The Bertz CT molecular complexity index is 500. The van der Waals surface area contributed by atoms with E-state index in [1.54, 1.807) is 12.1 Å². The molecule has 0 spiro atoms. The monoisotopic (exact) mass is 232 g/mol. The van der Waals surface area contributed by atoms with Gasteiger partial charge in [0.1, 0.15) is 12.9 Å². The Balaban J connectivity index is 2.10. The molecule has 2 N–H and O–H groups in total. The molecule has 88 valence electrons. The number of nitrogens with zero attached hydrogens (tertiary/aromatic N) is 1. The van der Waals surface area contributed by atoms with Crippen molar-refractivity contribution in [2.24, 2.45) is 0 Å². The van der Waals surface area contributed by atoms with E-state index >= 15 is 0 Å². The van der Waals surface area contributed by atoms with E-state index in [9.17, 15) is 4.79 Å². The van der Waals surface area contributed by atoms with Gasteiger partial charge in [-0.05, 0) is 18.6 Å². The number of carbonyl (C=O) groups is 1. The Morgan fingerprint density at radius 3 is 3.00 bits per heavy atom. The van der Waals surface area contributed by atoms with Crippen LogP contribution in [0.3, 0.4) is 0 Å². The summed E-state index contributed by atoms with van der Waals surface area (Å²) in [6, 6.07) is 5.27. The van der Waals surface area contributed by atoms with Crippen molar-refractivity contribution in [2.75, 3.05) is 5.73 Å². The number of esters is 1. The van der Waals surface area contributed by atoms with Gasteiger partial charge in [0.15, 0.2) is 0 Å². The molecule has 1 aromatic carbocycles. The second kappa shape index (κ2) is 4.69. The van der Waals surface area contributed by atoms with Gasteiger partial charge in [0.05, 0.1) is 11.8 Å². The van der Waals surface area contributed by atoms with Crippen LogP contribution in [0.25, 0.3) is 0 Å². The minimum atomic E-state index is -0.443. The van der Waals surface area contributed by atoms with E-state index in [4.69, 9.17) is 10.5 Å². The third-order valence-corrected chi connectivity index (χ3v) is 2.36. The first-order valence-corrected chi connectivity index (χ1v) is 5.09. The summed E-state index contributed by atoms with van der Waals surface area (Å²) in [7, 11) is 0. The number of carbonyl (C=O) groups excluding carboxylic acids is 1. The van der Waals surface area contributed by atoms with E-state index in [2.05, 4.69) is 9.68 Å². The van der Waals surface area contributed by atoms with Crippen LogP contribution in [0.4, 0.5) is 5.69 Å². The van der Waals surface area contributed by atoms with Crippen molar-refractivity contribution in [2.45, 2.75) is 13.5 Å². The largest absolute Gasteiger partial charge is 0.457 e. The van der Waals surface area contributed by atoms with Gasteiger partial charge in [-0.15, -0.1) is 0 Å². The van der Waals surface area contributed by atoms with Crippen molar-refractivity contribution in [3.63, 3.8) is 0 Å². The molecule has 0 amide bonds. The average molecular weight is 232 g/mol. The van der Waals surface area contributed by atoms with E-state index < -0.39 is 5.97 Å². The molecule has 0 radical (unpaired) electrons. The Morgan fingerprint density at radius 2 is 2.35 bits per heavy atom. The number of hydrogen-bond acceptors (Lipinski definition) is 5. The summed E-state index contributed by atoms with van der Waals surface area (Å²) in [5.41, 5.74) is 8.05. The first-order chi connectivity index (χ1) is 8.18. The van der Waals surface area contributed by atoms with Crippen LogP contribution in [0.5, 0.6) is 0 Å². The minimum absolute atomic E-state index is 0.121. The van der Waals surface area contributed by atoms with Crippen molar-refractivity contribution < 1.29 is 14.1 Å². The van der Waals surface area contributed by atoms with Crippen LogP contribution in [0.2, 0.25) is 0 Å². The summed E-state index contributed by atoms with van der Waals surface area (Å²) in [4.78, 5) is 11.8. The molecule has 5 nitrogen and oxygen atoms in total. The number of nitrogen functional groups attached to an aromatic ring is 1. The standard InChI is InChI=1S/C12H12N2O3/c1-8-3-2-4-10(13)11(8)12(15)16-6-9-5-14-17-7-9/h2-5,7H,6,13H2,1H3. The van der Waals surface area contributed by atoms with Crippen molar-refractivity contribution in [1.29, 1.82) is 0 Å². The molecule has 0 aliphatic heterocycles. The van der Waals surface area contributed by atoms with Gasteiger partial charge in [-0.25, -0.2) is 4.79 Å². The van der Waals surface area contributed by atoms with E-state index in [1.165, 1.54) is 12.5 Å². The predicted molar refractivity (Wildman–Crippen MR) is 61.2 cm³/mol. The summed E-state index contributed by atoms with van der Waals surface area (Å²) < 4.78 is 9.75. The lowest BCUT2D eigenvalue weighted by Gasteiger charge is -2.08. The summed E-state index contributed by atoms with van der Waals surface area (Å²) in [5.74, 6) is -0.443. The summed E-state index contributed by atoms with van der Waals surface area (Å²) in [6.07, 6.45) is 2.92. The molecular weight excluding hydrogens is 220 g/mol. The zero-order chi connectivity index (χ0) is 12.3. The molecule has 0 unspecified atom stereocenters. The Morgan fingerprint density at radius 1 is 1.53 bits per heavy atom. The highest BCUT2D eigenvalue weighted by atomic mass is 16.5. The molecular formula is C12H12N2O3. The van der Waals surface area contributed by atoms with Gasteiger partial charge in [-0.2, -0.15) is 0 Å². The Hall–Kier alpha value is -2.30. The van der Waals surface area contributed by atoms with Gasteiger partial charge in [-0.1, -0.05) is 17.3 Å². The second-order valence-electron chi connectivity index (χ2n) is 3.65. The van der Waals surface area contributed by atoms with Crippen molar-refractivity contribution in [1.82, 2.24) is 5.16 Å². The quantitative estimate of drug-likeness (QED) is 0.646. The van der Waals surface area contributed by atoms with E-state index in [1.807, 2.05) is 13.0 Å². The maximum Gasteiger partial charge on any atom is 0.340 e. The Labute approximate surface area is 98.2 Å². The first kappa shape index (κ1) is 11.2. The smallest absolute Gasteiger partial charge is 0.340 e. The molecule has 0 aliphatic rings. The molecule has 1 aromatic heterocycles. The number of aromatic nitrogens is 1. The van der Waals surface area contributed by atoms with Gasteiger partial charge < -0.3 is 15.0 Å². The zero-order valence-electron chi connectivity index (χ0n) is 9.34. The van der Waals surface area contributed by atoms with Gasteiger partial charge in [0.2, 0.25) is 0 Å². The number of nitrogens with two attached hydrogens (primary N) is 1. The number of benzene rings is 1. The lowest BCUT2D eigenvalue weighted by molar-refractivity contribution is 0.0472. The molecule has 0 aliphatic carbocycles. The maximum absolute atomic E-state index is 11.8. The highest BCUT2D eigenvalue weighted by molar-refractivity contribution is 5.96. The predicted octanol–water partition coefficient (Wildman–Crippen LogP) is 1.92. The van der Waals surface area contributed by atoms with Crippen LogP contribution in [0.1, 0.15) is 21.5 Å². The number of aryl methyl sites for hydroxylation is 1. The van der Waals surface area contributed by atoms with Gasteiger partial charge in [-0.3, -0.25) is 0 Å². The third kappa shape index (κ3) is 2.44. The number of ether oxygens (including phenoxy) is 1. The lowest BCUT2D eigenvalue weighted by Crippen LogP contribution is -2.09. The molecule has 0 atom stereocenters.